The van der Waals surface area contributed by atoms with Gasteiger partial charge in [-0.3, -0.25) is 0 Å². The molecule has 1 rings (SSSR count). The van der Waals surface area contributed by atoms with Crippen molar-refractivity contribution < 1.29 is 0 Å². The van der Waals surface area contributed by atoms with Crippen LogP contribution in [0.2, 0.25) is 0 Å². The van der Waals surface area contributed by atoms with E-state index in [4.69, 9.17) is 5.73 Å². The van der Waals surface area contributed by atoms with Gasteiger partial charge >= 0.3 is 0 Å². The molecule has 0 saturated carbocycles. The van der Waals surface area contributed by atoms with E-state index < -0.39 is 0 Å². The van der Waals surface area contributed by atoms with Crippen molar-refractivity contribution in [3.63, 3.8) is 0 Å². The van der Waals surface area contributed by atoms with E-state index in [1.165, 1.54) is 0 Å². The van der Waals surface area contributed by atoms with E-state index in [0.29, 0.717) is 5.95 Å². The normalized spacial score (nSPS) is 7.08. The maximum Gasteiger partial charge on any atom is 0.220 e. The fourth-order valence-electron chi connectivity index (χ4n) is 0.468. The van der Waals surface area contributed by atoms with Crippen LogP contribution in [0.25, 0.3) is 0 Å². The zero-order chi connectivity index (χ0) is 9.98. The molecule has 0 unspecified atom stereocenters. The molecule has 0 bridgehead atoms. The van der Waals surface area contributed by atoms with Gasteiger partial charge in [0.2, 0.25) is 5.95 Å². The lowest BCUT2D eigenvalue weighted by molar-refractivity contribution is 1.12. The molecule has 0 amide bonds. The van der Waals surface area contributed by atoms with Gasteiger partial charge in [0.15, 0.2) is 0 Å². The molecule has 0 aliphatic heterocycles. The summed E-state index contributed by atoms with van der Waals surface area (Å²) in [5.74, 6) is 0.338. The van der Waals surface area contributed by atoms with Gasteiger partial charge in [-0.25, -0.2) is 9.97 Å². The highest BCUT2D eigenvalue weighted by Crippen LogP contribution is 1.91. The number of hydrogen-bond acceptors (Lipinski definition) is 3. The smallest absolute Gasteiger partial charge is 0.220 e. The Hall–Kier alpha value is -1.12. The average molecular weight is 169 g/mol. The molecule has 0 radical (unpaired) electrons. The lowest BCUT2D eigenvalue weighted by Gasteiger charge is -1.89. The molecule has 12 heavy (non-hydrogen) atoms. The molecule has 70 valence electrons. The Morgan fingerprint density at radius 2 is 1.67 bits per heavy atom. The number of nitrogens with two attached hydrogens (primary N) is 1. The summed E-state index contributed by atoms with van der Waals surface area (Å²) in [6.45, 7) is 9.87. The Kier molecular flexibility index (Phi) is 11.1. The van der Waals surface area contributed by atoms with E-state index >= 15 is 0 Å². The van der Waals surface area contributed by atoms with Crippen molar-refractivity contribution in [1.29, 1.82) is 0 Å². The first-order valence-corrected chi connectivity index (χ1v) is 4.34. The monoisotopic (exact) mass is 169 g/mol. The van der Waals surface area contributed by atoms with Crippen LogP contribution in [0.4, 0.5) is 5.95 Å². The van der Waals surface area contributed by atoms with Crippen LogP contribution in [0.3, 0.4) is 0 Å². The van der Waals surface area contributed by atoms with Crippen molar-refractivity contribution in [1.82, 2.24) is 9.97 Å². The van der Waals surface area contributed by atoms with Crippen LogP contribution in [0.1, 0.15) is 33.4 Å². The van der Waals surface area contributed by atoms with Crippen LogP contribution in [0, 0.1) is 6.92 Å². The number of rotatable bonds is 0. The van der Waals surface area contributed by atoms with Crippen LogP contribution in [0.5, 0.6) is 0 Å². The third kappa shape index (κ3) is 6.99. The third-order valence-electron chi connectivity index (χ3n) is 0.813. The Balaban J connectivity index is 0. The largest absolute Gasteiger partial charge is 0.368 e. The molecule has 1 heterocycles. The molecule has 0 spiro atoms. The fourth-order valence-corrected chi connectivity index (χ4v) is 0.468. The lowest BCUT2D eigenvalue weighted by Crippen LogP contribution is -1.93. The average Bonchev–Trinajstić information content (AvgIpc) is 2.11. The summed E-state index contributed by atoms with van der Waals surface area (Å²) in [6, 6.07) is 1.80. The second-order valence-electron chi connectivity index (χ2n) is 1.56. The van der Waals surface area contributed by atoms with E-state index in [0.717, 1.165) is 5.69 Å². The highest BCUT2D eigenvalue weighted by atomic mass is 15.0. The zero-order valence-electron chi connectivity index (χ0n) is 8.63. The summed E-state index contributed by atoms with van der Waals surface area (Å²) in [4.78, 5) is 7.55. The Labute approximate surface area is 75.0 Å². The molecule has 0 aromatic carbocycles. The standard InChI is InChI=1S/C5H7N3.2C2H6/c1-4-2-3-7-5(6)8-4;2*1-2/h2-3H,1H3,(H2,6,7,8);2*1-2H3. The molecule has 0 aliphatic carbocycles. The van der Waals surface area contributed by atoms with Crippen molar-refractivity contribution in [3.05, 3.63) is 18.0 Å². The van der Waals surface area contributed by atoms with Crippen molar-refractivity contribution in [3.8, 4) is 0 Å². The molecule has 0 atom stereocenters. The Bertz CT molecular complexity index is 170. The molecule has 0 aliphatic rings. The number of nitrogen functional groups attached to an aromatic ring is 1. The first-order valence-electron chi connectivity index (χ1n) is 4.34. The molecule has 3 nitrogen and oxygen atoms in total. The van der Waals surface area contributed by atoms with Gasteiger partial charge in [-0.2, -0.15) is 0 Å². The summed E-state index contributed by atoms with van der Waals surface area (Å²) < 4.78 is 0. The lowest BCUT2D eigenvalue weighted by atomic mass is 10.5. The van der Waals surface area contributed by atoms with Crippen molar-refractivity contribution >= 4 is 5.95 Å². The number of aryl methyl sites for hydroxylation is 1. The minimum absolute atomic E-state index is 0.338. The number of nitrogens with zero attached hydrogens (tertiary/aromatic N) is 2. The Morgan fingerprint density at radius 1 is 1.17 bits per heavy atom. The van der Waals surface area contributed by atoms with E-state index in [-0.39, 0.29) is 0 Å². The maximum absolute atomic E-state index is 5.24. The molecule has 3 heteroatoms. The SMILES string of the molecule is CC.CC.Cc1ccnc(N)n1. The summed E-state index contributed by atoms with van der Waals surface area (Å²) in [5.41, 5.74) is 6.14. The highest BCUT2D eigenvalue weighted by molar-refractivity contribution is 5.15. The molecule has 1 aromatic heterocycles. The second kappa shape index (κ2) is 9.88. The van der Waals surface area contributed by atoms with Crippen molar-refractivity contribution in [2.45, 2.75) is 34.6 Å². The minimum atomic E-state index is 0.338. The van der Waals surface area contributed by atoms with E-state index in [2.05, 4.69) is 9.97 Å². The number of anilines is 1. The van der Waals surface area contributed by atoms with Gasteiger partial charge in [0.05, 0.1) is 0 Å². The van der Waals surface area contributed by atoms with Gasteiger partial charge in [-0.15, -0.1) is 0 Å². The fraction of sp³-hybridized carbons (Fsp3) is 0.556. The quantitative estimate of drug-likeness (QED) is 0.649. The van der Waals surface area contributed by atoms with Crippen molar-refractivity contribution in [2.75, 3.05) is 5.73 Å². The van der Waals surface area contributed by atoms with E-state index in [1.807, 2.05) is 34.6 Å². The molecule has 1 aromatic rings. The van der Waals surface area contributed by atoms with E-state index in [9.17, 15) is 0 Å². The first kappa shape index (κ1) is 13.5. The van der Waals surface area contributed by atoms with Gasteiger partial charge in [-0.1, -0.05) is 27.7 Å². The van der Waals surface area contributed by atoms with Crippen LogP contribution in [-0.4, -0.2) is 9.97 Å². The number of hydrogen-bond donors (Lipinski definition) is 1. The summed E-state index contributed by atoms with van der Waals surface area (Å²) in [7, 11) is 0. The summed E-state index contributed by atoms with van der Waals surface area (Å²) in [5, 5.41) is 0. The third-order valence-corrected chi connectivity index (χ3v) is 0.813. The van der Waals surface area contributed by atoms with Crippen LogP contribution < -0.4 is 5.73 Å². The minimum Gasteiger partial charge on any atom is -0.368 e. The van der Waals surface area contributed by atoms with Gasteiger partial charge in [0, 0.05) is 11.9 Å². The van der Waals surface area contributed by atoms with E-state index in [1.54, 1.807) is 12.3 Å². The molecule has 0 saturated heterocycles. The van der Waals surface area contributed by atoms with Gasteiger partial charge in [-0.05, 0) is 13.0 Å². The van der Waals surface area contributed by atoms with Gasteiger partial charge in [0.25, 0.3) is 0 Å². The van der Waals surface area contributed by atoms with Crippen molar-refractivity contribution in [2.24, 2.45) is 0 Å². The number of aromatic nitrogens is 2. The molecule has 2 N–H and O–H groups in total. The van der Waals surface area contributed by atoms with Gasteiger partial charge in [0.1, 0.15) is 0 Å². The predicted octanol–water partition coefficient (Wildman–Crippen LogP) is 2.42. The van der Waals surface area contributed by atoms with Crippen LogP contribution in [0.15, 0.2) is 12.3 Å². The molecular weight excluding hydrogens is 150 g/mol. The zero-order valence-corrected chi connectivity index (χ0v) is 8.63. The Morgan fingerprint density at radius 3 is 1.92 bits per heavy atom. The molecule has 0 fully saturated rings. The second-order valence-corrected chi connectivity index (χ2v) is 1.56. The highest BCUT2D eigenvalue weighted by Gasteiger charge is 1.84. The van der Waals surface area contributed by atoms with Crippen LogP contribution >= 0.6 is 0 Å². The topological polar surface area (TPSA) is 51.8 Å². The maximum atomic E-state index is 5.24. The first-order chi connectivity index (χ1) is 5.79. The molecular formula is C9H19N3. The summed E-state index contributed by atoms with van der Waals surface area (Å²) in [6.07, 6.45) is 1.64. The summed E-state index contributed by atoms with van der Waals surface area (Å²) >= 11 is 0. The predicted molar refractivity (Wildman–Crippen MR) is 53.9 cm³/mol. The van der Waals surface area contributed by atoms with Crippen LogP contribution in [-0.2, 0) is 0 Å². The van der Waals surface area contributed by atoms with Gasteiger partial charge < -0.3 is 5.73 Å².